The number of rotatable bonds is 6. The fourth-order valence-corrected chi connectivity index (χ4v) is 2.97. The molecule has 0 unspecified atom stereocenters. The van der Waals surface area contributed by atoms with Gasteiger partial charge in [-0.1, -0.05) is 55.6 Å². The maximum absolute atomic E-state index is 11.7. The molecule has 0 saturated carbocycles. The molecule has 0 radical (unpaired) electrons. The van der Waals surface area contributed by atoms with Crippen molar-refractivity contribution < 1.29 is 19.1 Å². The van der Waals surface area contributed by atoms with Crippen molar-refractivity contribution in [2.24, 2.45) is 0 Å². The monoisotopic (exact) mass is 412 g/mol. The Morgan fingerprint density at radius 2 is 1.06 bits per heavy atom. The molecule has 0 aromatic heterocycles. The standard InChI is InChI=1S/C27H24O4/c1-17(2)26(28)30-23-12-10-21(11-13-23)20-6-8-22(9-7-20)25-15-14-24(16-19(25)5)31-27(29)18(3)4/h6-16H,1,3H2,2,4-5H3. The summed E-state index contributed by atoms with van der Waals surface area (Å²) in [4.78, 5) is 23.3. The van der Waals surface area contributed by atoms with Crippen LogP contribution in [-0.2, 0) is 9.59 Å². The average Bonchev–Trinajstić information content (AvgIpc) is 2.74. The topological polar surface area (TPSA) is 52.6 Å². The minimum atomic E-state index is -0.437. The Bertz CT molecular complexity index is 1150. The number of benzene rings is 3. The van der Waals surface area contributed by atoms with Gasteiger partial charge < -0.3 is 9.47 Å². The Labute approximate surface area is 182 Å². The number of esters is 2. The normalized spacial score (nSPS) is 10.3. The van der Waals surface area contributed by atoms with E-state index in [2.05, 4.69) is 13.2 Å². The smallest absolute Gasteiger partial charge is 0.338 e. The Hall–Kier alpha value is -3.92. The lowest BCUT2D eigenvalue weighted by atomic mass is 9.97. The zero-order valence-electron chi connectivity index (χ0n) is 17.9. The van der Waals surface area contributed by atoms with Crippen molar-refractivity contribution in [1.82, 2.24) is 0 Å². The maximum atomic E-state index is 11.7. The highest BCUT2D eigenvalue weighted by molar-refractivity contribution is 5.89. The van der Waals surface area contributed by atoms with Gasteiger partial charge in [-0.15, -0.1) is 0 Å². The van der Waals surface area contributed by atoms with Crippen LogP contribution in [0.15, 0.2) is 91.0 Å². The number of hydrogen-bond acceptors (Lipinski definition) is 4. The molecular weight excluding hydrogens is 388 g/mol. The van der Waals surface area contributed by atoms with Crippen LogP contribution in [0.1, 0.15) is 19.4 Å². The molecular formula is C27H24O4. The lowest BCUT2D eigenvalue weighted by Gasteiger charge is -2.11. The summed E-state index contributed by atoms with van der Waals surface area (Å²) in [5.74, 6) is 0.111. The van der Waals surface area contributed by atoms with E-state index in [1.807, 2.05) is 55.5 Å². The first kappa shape index (κ1) is 21.8. The van der Waals surface area contributed by atoms with Crippen LogP contribution in [0.25, 0.3) is 22.3 Å². The van der Waals surface area contributed by atoms with Crippen LogP contribution in [0.5, 0.6) is 11.5 Å². The van der Waals surface area contributed by atoms with Crippen molar-refractivity contribution in [2.45, 2.75) is 20.8 Å². The molecule has 0 atom stereocenters. The second-order valence-corrected chi connectivity index (χ2v) is 7.42. The highest BCUT2D eigenvalue weighted by atomic mass is 16.5. The average molecular weight is 412 g/mol. The molecule has 0 saturated heterocycles. The fraction of sp³-hybridized carbons (Fsp3) is 0.111. The third-order valence-corrected chi connectivity index (χ3v) is 4.70. The van der Waals surface area contributed by atoms with Crippen LogP contribution in [0.2, 0.25) is 0 Å². The van der Waals surface area contributed by atoms with Crippen molar-refractivity contribution in [2.75, 3.05) is 0 Å². The van der Waals surface area contributed by atoms with Crippen molar-refractivity contribution in [3.63, 3.8) is 0 Å². The summed E-state index contributed by atoms with van der Waals surface area (Å²) in [5.41, 5.74) is 5.90. The van der Waals surface area contributed by atoms with E-state index in [1.165, 1.54) is 0 Å². The van der Waals surface area contributed by atoms with Gasteiger partial charge >= 0.3 is 11.9 Å². The molecule has 0 fully saturated rings. The Morgan fingerprint density at radius 1 is 0.645 bits per heavy atom. The first-order chi connectivity index (χ1) is 14.7. The van der Waals surface area contributed by atoms with Crippen LogP contribution < -0.4 is 9.47 Å². The fourth-order valence-electron chi connectivity index (χ4n) is 2.97. The van der Waals surface area contributed by atoms with Crippen molar-refractivity contribution in [3.8, 4) is 33.8 Å². The zero-order chi connectivity index (χ0) is 22.5. The van der Waals surface area contributed by atoms with Crippen LogP contribution >= 0.6 is 0 Å². The minimum Gasteiger partial charge on any atom is -0.423 e. The van der Waals surface area contributed by atoms with Gasteiger partial charge in [0.05, 0.1) is 0 Å². The van der Waals surface area contributed by atoms with Crippen LogP contribution in [0.3, 0.4) is 0 Å². The molecule has 0 heterocycles. The third kappa shape index (κ3) is 5.37. The van der Waals surface area contributed by atoms with Gasteiger partial charge in [-0.3, -0.25) is 0 Å². The number of ether oxygens (including phenoxy) is 2. The van der Waals surface area contributed by atoms with Gasteiger partial charge in [0, 0.05) is 11.1 Å². The van der Waals surface area contributed by atoms with E-state index in [0.29, 0.717) is 22.6 Å². The van der Waals surface area contributed by atoms with Gasteiger partial charge in [0.1, 0.15) is 11.5 Å². The molecule has 0 bridgehead atoms. The minimum absolute atomic E-state index is 0.358. The van der Waals surface area contributed by atoms with Gasteiger partial charge in [-0.25, -0.2) is 9.59 Å². The SMILES string of the molecule is C=C(C)C(=O)Oc1ccc(-c2ccc(-c3ccc(OC(=O)C(=C)C)cc3C)cc2)cc1. The molecule has 0 N–H and O–H groups in total. The Balaban J connectivity index is 1.75. The molecule has 31 heavy (non-hydrogen) atoms. The first-order valence-electron chi connectivity index (χ1n) is 9.81. The second-order valence-electron chi connectivity index (χ2n) is 7.42. The van der Waals surface area contributed by atoms with E-state index in [1.54, 1.807) is 32.0 Å². The molecule has 3 aromatic rings. The largest absolute Gasteiger partial charge is 0.423 e. The van der Waals surface area contributed by atoms with Gasteiger partial charge in [-0.2, -0.15) is 0 Å². The second kappa shape index (κ2) is 9.26. The Kier molecular flexibility index (Phi) is 6.51. The molecule has 3 aromatic carbocycles. The predicted octanol–water partition coefficient (Wildman–Crippen LogP) is 6.29. The summed E-state index contributed by atoms with van der Waals surface area (Å²) >= 11 is 0. The summed E-state index contributed by atoms with van der Waals surface area (Å²) in [7, 11) is 0. The lowest BCUT2D eigenvalue weighted by Crippen LogP contribution is -2.08. The molecule has 0 aliphatic carbocycles. The van der Waals surface area contributed by atoms with Crippen molar-refractivity contribution >= 4 is 11.9 Å². The third-order valence-electron chi connectivity index (χ3n) is 4.70. The maximum Gasteiger partial charge on any atom is 0.338 e. The van der Waals surface area contributed by atoms with Crippen LogP contribution in [0, 0.1) is 6.92 Å². The molecule has 156 valence electrons. The van der Waals surface area contributed by atoms with E-state index in [0.717, 1.165) is 27.8 Å². The van der Waals surface area contributed by atoms with Gasteiger partial charge in [0.2, 0.25) is 0 Å². The molecule has 4 nitrogen and oxygen atoms in total. The lowest BCUT2D eigenvalue weighted by molar-refractivity contribution is -0.130. The first-order valence-corrected chi connectivity index (χ1v) is 9.81. The summed E-state index contributed by atoms with van der Waals surface area (Å²) in [6.07, 6.45) is 0. The molecule has 3 rings (SSSR count). The predicted molar refractivity (Wildman–Crippen MR) is 123 cm³/mol. The van der Waals surface area contributed by atoms with Gasteiger partial charge in [0.25, 0.3) is 0 Å². The number of carbonyl (C=O) groups is 2. The van der Waals surface area contributed by atoms with E-state index in [9.17, 15) is 9.59 Å². The van der Waals surface area contributed by atoms with Crippen LogP contribution in [-0.4, -0.2) is 11.9 Å². The van der Waals surface area contributed by atoms with E-state index in [-0.39, 0.29) is 0 Å². The van der Waals surface area contributed by atoms with E-state index < -0.39 is 11.9 Å². The molecule has 0 spiro atoms. The Morgan fingerprint density at radius 3 is 1.55 bits per heavy atom. The number of hydrogen-bond donors (Lipinski definition) is 0. The van der Waals surface area contributed by atoms with Gasteiger partial charge in [0.15, 0.2) is 0 Å². The molecule has 0 amide bonds. The van der Waals surface area contributed by atoms with E-state index >= 15 is 0 Å². The quantitative estimate of drug-likeness (QED) is 0.271. The highest BCUT2D eigenvalue weighted by Crippen LogP contribution is 2.30. The summed E-state index contributed by atoms with van der Waals surface area (Å²) in [6, 6.07) is 21.1. The molecule has 4 heteroatoms. The van der Waals surface area contributed by atoms with Crippen molar-refractivity contribution in [3.05, 3.63) is 96.6 Å². The molecule has 0 aliphatic heterocycles. The van der Waals surface area contributed by atoms with Gasteiger partial charge in [-0.05, 0) is 72.9 Å². The van der Waals surface area contributed by atoms with Crippen LogP contribution in [0.4, 0.5) is 0 Å². The molecule has 0 aliphatic rings. The van der Waals surface area contributed by atoms with Crippen molar-refractivity contribution in [1.29, 1.82) is 0 Å². The summed E-state index contributed by atoms with van der Waals surface area (Å²) in [6.45, 7) is 12.4. The number of aryl methyl sites for hydroxylation is 1. The zero-order valence-corrected chi connectivity index (χ0v) is 17.9. The highest BCUT2D eigenvalue weighted by Gasteiger charge is 2.09. The summed E-state index contributed by atoms with van der Waals surface area (Å²) < 4.78 is 10.5. The summed E-state index contributed by atoms with van der Waals surface area (Å²) in [5, 5.41) is 0. The van der Waals surface area contributed by atoms with E-state index in [4.69, 9.17) is 9.47 Å². The number of carbonyl (C=O) groups excluding carboxylic acids is 2.